The average Bonchev–Trinajstić information content (AvgIpc) is 3.08. The molecule has 1 aromatic rings. The summed E-state index contributed by atoms with van der Waals surface area (Å²) in [5.74, 6) is -1.09. The van der Waals surface area contributed by atoms with E-state index in [4.69, 9.17) is 11.5 Å². The molecule has 9 nitrogen and oxygen atoms in total. The predicted molar refractivity (Wildman–Crippen MR) is 92.6 cm³/mol. The number of aromatic nitrogens is 2. The van der Waals surface area contributed by atoms with Gasteiger partial charge in [0, 0.05) is 31.2 Å². The minimum absolute atomic E-state index is 0.110. The van der Waals surface area contributed by atoms with E-state index in [1.54, 1.807) is 6.20 Å². The summed E-state index contributed by atoms with van der Waals surface area (Å²) in [5, 5.41) is 29.6. The summed E-state index contributed by atoms with van der Waals surface area (Å²) < 4.78 is 0. The number of aliphatic hydroxyl groups is 3. The zero-order chi connectivity index (χ0) is 19.3. The number of hydrogen-bond acceptors (Lipinski definition) is 7. The van der Waals surface area contributed by atoms with Crippen LogP contribution in [0.15, 0.2) is 12.5 Å². The lowest BCUT2D eigenvalue weighted by molar-refractivity contribution is -0.126. The average molecular weight is 368 g/mol. The Balaban J connectivity index is 2.01. The summed E-state index contributed by atoms with van der Waals surface area (Å²) in [6.45, 7) is 0. The van der Waals surface area contributed by atoms with Gasteiger partial charge in [-0.05, 0) is 31.1 Å². The second-order valence-electron chi connectivity index (χ2n) is 7.18. The number of nitrogens with zero attached hydrogens (tertiary/aromatic N) is 1. The first-order valence-electron chi connectivity index (χ1n) is 8.86. The maximum absolute atomic E-state index is 12.5. The third-order valence-electron chi connectivity index (χ3n) is 5.18. The monoisotopic (exact) mass is 368 g/mol. The van der Waals surface area contributed by atoms with Crippen molar-refractivity contribution in [1.82, 2.24) is 9.97 Å². The normalized spacial score (nSPS) is 28.5. The van der Waals surface area contributed by atoms with Crippen LogP contribution in [0.4, 0.5) is 0 Å². The van der Waals surface area contributed by atoms with Crippen molar-refractivity contribution < 1.29 is 24.9 Å². The molecule has 1 saturated carbocycles. The Bertz CT molecular complexity index is 582. The summed E-state index contributed by atoms with van der Waals surface area (Å²) in [7, 11) is 0. The fraction of sp³-hybridized carbons (Fsp3) is 0.706. The maximum Gasteiger partial charge on any atom is 0.217 e. The van der Waals surface area contributed by atoms with E-state index in [1.807, 2.05) is 0 Å². The van der Waals surface area contributed by atoms with Crippen molar-refractivity contribution in [3.63, 3.8) is 0 Å². The van der Waals surface area contributed by atoms with Crippen LogP contribution in [0.2, 0.25) is 0 Å². The first kappa shape index (κ1) is 20.5. The lowest BCUT2D eigenvalue weighted by Crippen LogP contribution is -2.46. The van der Waals surface area contributed by atoms with Crippen LogP contribution in [-0.4, -0.2) is 61.3 Å². The van der Waals surface area contributed by atoms with E-state index in [1.165, 1.54) is 6.33 Å². The Morgan fingerprint density at radius 2 is 1.92 bits per heavy atom. The number of aliphatic hydroxyl groups excluding tert-OH is 3. The number of carbonyl (C=O) groups is 2. The maximum atomic E-state index is 12.5. The van der Waals surface area contributed by atoms with Crippen molar-refractivity contribution in [3.05, 3.63) is 18.2 Å². The second-order valence-corrected chi connectivity index (χ2v) is 7.18. The van der Waals surface area contributed by atoms with Gasteiger partial charge < -0.3 is 31.8 Å². The van der Waals surface area contributed by atoms with E-state index in [9.17, 15) is 24.9 Å². The fourth-order valence-corrected chi connectivity index (χ4v) is 3.63. The van der Waals surface area contributed by atoms with Gasteiger partial charge in [-0.15, -0.1) is 0 Å². The van der Waals surface area contributed by atoms with Crippen LogP contribution >= 0.6 is 0 Å². The molecule has 0 saturated heterocycles. The quantitative estimate of drug-likeness (QED) is 0.311. The summed E-state index contributed by atoms with van der Waals surface area (Å²) in [5.41, 5.74) is 12.0. The molecule has 1 aliphatic carbocycles. The number of primary amides is 1. The molecule has 1 aliphatic rings. The molecule has 4 atom stereocenters. The third-order valence-corrected chi connectivity index (χ3v) is 5.18. The topological polar surface area (TPSA) is 176 Å². The van der Waals surface area contributed by atoms with Gasteiger partial charge in [-0.3, -0.25) is 9.59 Å². The lowest BCUT2D eigenvalue weighted by Gasteiger charge is -2.38. The van der Waals surface area contributed by atoms with Crippen molar-refractivity contribution in [2.75, 3.05) is 0 Å². The number of hydrogen-bond donors (Lipinski definition) is 6. The smallest absolute Gasteiger partial charge is 0.217 e. The largest absolute Gasteiger partial charge is 0.390 e. The first-order valence-corrected chi connectivity index (χ1v) is 8.86. The Morgan fingerprint density at radius 3 is 2.46 bits per heavy atom. The van der Waals surface area contributed by atoms with Gasteiger partial charge in [0.05, 0.1) is 24.6 Å². The van der Waals surface area contributed by atoms with Crippen molar-refractivity contribution in [3.8, 4) is 0 Å². The molecule has 1 heterocycles. The molecule has 1 fully saturated rings. The van der Waals surface area contributed by atoms with Crippen LogP contribution < -0.4 is 11.5 Å². The van der Waals surface area contributed by atoms with Crippen LogP contribution in [0, 0.1) is 11.8 Å². The van der Waals surface area contributed by atoms with Crippen molar-refractivity contribution in [2.45, 2.75) is 62.9 Å². The molecule has 9 heteroatoms. The minimum atomic E-state index is -1.19. The van der Waals surface area contributed by atoms with Crippen LogP contribution in [0.3, 0.4) is 0 Å². The highest BCUT2D eigenvalue weighted by molar-refractivity contribution is 5.84. The van der Waals surface area contributed by atoms with Gasteiger partial charge in [-0.25, -0.2) is 4.98 Å². The van der Waals surface area contributed by atoms with E-state index >= 15 is 0 Å². The van der Waals surface area contributed by atoms with Gasteiger partial charge in [0.1, 0.15) is 11.9 Å². The number of nitrogens with one attached hydrogen (secondary N) is 1. The van der Waals surface area contributed by atoms with Crippen LogP contribution in [0.5, 0.6) is 0 Å². The fourth-order valence-electron chi connectivity index (χ4n) is 3.63. The number of ketones is 1. The van der Waals surface area contributed by atoms with Crippen LogP contribution in [0.1, 0.15) is 37.8 Å². The number of nitrogens with two attached hydrogens (primary N) is 2. The molecule has 8 N–H and O–H groups in total. The number of imidazole rings is 1. The number of rotatable bonds is 9. The molecule has 0 spiro atoms. The molecule has 0 bridgehead atoms. The van der Waals surface area contributed by atoms with E-state index in [2.05, 4.69) is 9.97 Å². The number of aromatic amines is 1. The van der Waals surface area contributed by atoms with Crippen LogP contribution in [0.25, 0.3) is 0 Å². The molecule has 146 valence electrons. The SMILES string of the molecule is NC(=O)CC[C@@H](CC(=O)[C@@H](N)Cc1cnc[nH]1)C1CC(O)C(O)C(O)C1. The number of carbonyl (C=O) groups excluding carboxylic acids is 2. The summed E-state index contributed by atoms with van der Waals surface area (Å²) >= 11 is 0. The first-order chi connectivity index (χ1) is 12.3. The highest BCUT2D eigenvalue weighted by Crippen LogP contribution is 2.35. The predicted octanol–water partition coefficient (Wildman–Crippen LogP) is -1.39. The Morgan fingerprint density at radius 1 is 1.27 bits per heavy atom. The van der Waals surface area contributed by atoms with Gasteiger partial charge in [-0.1, -0.05) is 0 Å². The number of Topliss-reactive ketones (excluding diaryl/α,β-unsaturated/α-hetero) is 1. The van der Waals surface area contributed by atoms with Gasteiger partial charge in [0.15, 0.2) is 0 Å². The molecule has 0 aromatic carbocycles. The standard InChI is InChI=1S/C17H28N4O5/c18-12(6-11-7-20-8-21-11)13(22)3-9(1-2-16(19)25)10-4-14(23)17(26)15(24)5-10/h7-10,12,14-15,17,23-24,26H,1-6,18H2,(H2,19,25)(H,20,21)/t9-,10?,12-,14?,15?,17?/m0/s1. The Labute approximate surface area is 151 Å². The van der Waals surface area contributed by atoms with Gasteiger partial charge in [-0.2, -0.15) is 0 Å². The Kier molecular flexibility index (Phi) is 7.27. The Hall–Kier alpha value is -1.81. The summed E-state index contributed by atoms with van der Waals surface area (Å²) in [6, 6.07) is -0.712. The summed E-state index contributed by atoms with van der Waals surface area (Å²) in [4.78, 5) is 30.5. The van der Waals surface area contributed by atoms with Crippen molar-refractivity contribution >= 4 is 11.7 Å². The second kappa shape index (κ2) is 9.22. The van der Waals surface area contributed by atoms with Gasteiger partial charge in [0.25, 0.3) is 0 Å². The van der Waals surface area contributed by atoms with Gasteiger partial charge >= 0.3 is 0 Å². The molecule has 0 radical (unpaired) electrons. The third kappa shape index (κ3) is 5.60. The molecular formula is C17H28N4O5. The molecule has 2 unspecified atom stereocenters. The number of H-pyrrole nitrogens is 1. The van der Waals surface area contributed by atoms with E-state index < -0.39 is 30.3 Å². The van der Waals surface area contributed by atoms with Crippen molar-refractivity contribution in [1.29, 1.82) is 0 Å². The van der Waals surface area contributed by atoms with Gasteiger partial charge in [0.2, 0.25) is 5.91 Å². The lowest BCUT2D eigenvalue weighted by atomic mass is 9.72. The highest BCUT2D eigenvalue weighted by Gasteiger charge is 2.38. The molecular weight excluding hydrogens is 340 g/mol. The molecule has 2 rings (SSSR count). The molecule has 1 amide bonds. The van der Waals surface area contributed by atoms with E-state index in [0.29, 0.717) is 12.8 Å². The zero-order valence-electron chi connectivity index (χ0n) is 14.6. The summed E-state index contributed by atoms with van der Waals surface area (Å²) in [6.07, 6.45) is 1.25. The highest BCUT2D eigenvalue weighted by atomic mass is 16.4. The van der Waals surface area contributed by atoms with E-state index in [0.717, 1.165) is 5.69 Å². The number of amides is 1. The zero-order valence-corrected chi connectivity index (χ0v) is 14.6. The minimum Gasteiger partial charge on any atom is -0.390 e. The molecule has 1 aromatic heterocycles. The molecule has 26 heavy (non-hydrogen) atoms. The molecule has 0 aliphatic heterocycles. The van der Waals surface area contributed by atoms with E-state index in [-0.39, 0.29) is 43.3 Å². The van der Waals surface area contributed by atoms with Crippen LogP contribution in [-0.2, 0) is 16.0 Å². The van der Waals surface area contributed by atoms with Crippen molar-refractivity contribution in [2.24, 2.45) is 23.3 Å².